The standard InChI is InChI=1S/C11H15NO4/c1-3-5-12-10(14)7-16-11-8(2)15-6-4-9(11)13/h4,6H,3,5,7H2,1-2H3,(H,12,14). The van der Waals surface area contributed by atoms with Gasteiger partial charge in [-0.15, -0.1) is 0 Å². The molecule has 0 aliphatic rings. The van der Waals surface area contributed by atoms with Crippen molar-refractivity contribution in [3.8, 4) is 5.75 Å². The van der Waals surface area contributed by atoms with Gasteiger partial charge in [0.15, 0.2) is 6.61 Å². The van der Waals surface area contributed by atoms with E-state index in [1.54, 1.807) is 6.92 Å². The Balaban J connectivity index is 2.55. The van der Waals surface area contributed by atoms with E-state index in [-0.39, 0.29) is 23.7 Å². The van der Waals surface area contributed by atoms with Crippen LogP contribution < -0.4 is 15.5 Å². The molecule has 88 valence electrons. The molecule has 0 unspecified atom stereocenters. The number of hydrogen-bond donors (Lipinski definition) is 1. The van der Waals surface area contributed by atoms with Crippen molar-refractivity contribution in [3.05, 3.63) is 28.3 Å². The third-order valence-electron chi connectivity index (χ3n) is 1.93. The molecule has 0 radical (unpaired) electrons. The largest absolute Gasteiger partial charge is 0.476 e. The van der Waals surface area contributed by atoms with E-state index < -0.39 is 0 Å². The Morgan fingerprint density at radius 2 is 2.31 bits per heavy atom. The van der Waals surface area contributed by atoms with Crippen LogP contribution >= 0.6 is 0 Å². The van der Waals surface area contributed by atoms with Crippen molar-refractivity contribution >= 4 is 5.91 Å². The number of carbonyl (C=O) groups excluding carboxylic acids is 1. The second kappa shape index (κ2) is 5.95. The monoisotopic (exact) mass is 225 g/mol. The maximum Gasteiger partial charge on any atom is 0.257 e. The van der Waals surface area contributed by atoms with Crippen LogP contribution in [0, 0.1) is 6.92 Å². The van der Waals surface area contributed by atoms with Crippen LogP contribution in [-0.2, 0) is 4.79 Å². The Bertz CT molecular complexity index is 411. The number of rotatable bonds is 5. The number of ether oxygens (including phenoxy) is 1. The van der Waals surface area contributed by atoms with E-state index in [0.717, 1.165) is 6.42 Å². The smallest absolute Gasteiger partial charge is 0.257 e. The number of amides is 1. The van der Waals surface area contributed by atoms with Gasteiger partial charge in [-0.3, -0.25) is 9.59 Å². The van der Waals surface area contributed by atoms with Gasteiger partial charge in [0, 0.05) is 12.6 Å². The van der Waals surface area contributed by atoms with E-state index in [9.17, 15) is 9.59 Å². The van der Waals surface area contributed by atoms with E-state index in [1.807, 2.05) is 6.92 Å². The van der Waals surface area contributed by atoms with Crippen LogP contribution in [0.2, 0.25) is 0 Å². The summed E-state index contributed by atoms with van der Waals surface area (Å²) in [5.41, 5.74) is -0.285. The summed E-state index contributed by atoms with van der Waals surface area (Å²) in [6.07, 6.45) is 2.15. The first-order chi connectivity index (χ1) is 7.65. The first-order valence-corrected chi connectivity index (χ1v) is 5.13. The lowest BCUT2D eigenvalue weighted by molar-refractivity contribution is -0.123. The van der Waals surface area contributed by atoms with Gasteiger partial charge in [0.25, 0.3) is 5.91 Å². The molecule has 0 aliphatic heterocycles. The maximum absolute atomic E-state index is 11.3. The summed E-state index contributed by atoms with van der Waals surface area (Å²) >= 11 is 0. The second-order valence-corrected chi connectivity index (χ2v) is 3.31. The molecular formula is C11H15NO4. The molecular weight excluding hydrogens is 210 g/mol. The fraction of sp³-hybridized carbons (Fsp3) is 0.455. The van der Waals surface area contributed by atoms with E-state index in [1.165, 1.54) is 12.3 Å². The number of aryl methyl sites for hydroxylation is 1. The summed E-state index contributed by atoms with van der Waals surface area (Å²) in [7, 11) is 0. The molecule has 1 rings (SSSR count). The maximum atomic E-state index is 11.3. The predicted octanol–water partition coefficient (Wildman–Crippen LogP) is 0.853. The molecule has 5 nitrogen and oxygen atoms in total. The minimum Gasteiger partial charge on any atom is -0.476 e. The van der Waals surface area contributed by atoms with Crippen molar-refractivity contribution in [3.63, 3.8) is 0 Å². The molecule has 1 amide bonds. The Morgan fingerprint density at radius 1 is 1.56 bits per heavy atom. The average molecular weight is 225 g/mol. The van der Waals surface area contributed by atoms with E-state index in [2.05, 4.69) is 5.32 Å². The van der Waals surface area contributed by atoms with Crippen LogP contribution in [-0.4, -0.2) is 19.1 Å². The second-order valence-electron chi connectivity index (χ2n) is 3.31. The molecule has 0 aromatic carbocycles. The molecule has 0 spiro atoms. The van der Waals surface area contributed by atoms with Crippen LogP contribution in [0.1, 0.15) is 19.1 Å². The third-order valence-corrected chi connectivity index (χ3v) is 1.93. The van der Waals surface area contributed by atoms with Gasteiger partial charge in [-0.05, 0) is 13.3 Å². The van der Waals surface area contributed by atoms with Crippen molar-refractivity contribution in [2.24, 2.45) is 0 Å². The van der Waals surface area contributed by atoms with E-state index >= 15 is 0 Å². The molecule has 1 aromatic heterocycles. The zero-order chi connectivity index (χ0) is 12.0. The highest BCUT2D eigenvalue weighted by molar-refractivity contribution is 5.77. The van der Waals surface area contributed by atoms with Crippen molar-refractivity contribution in [2.75, 3.05) is 13.2 Å². The van der Waals surface area contributed by atoms with Crippen LogP contribution in [0.4, 0.5) is 0 Å². The highest BCUT2D eigenvalue weighted by Gasteiger charge is 2.08. The third kappa shape index (κ3) is 3.42. The molecule has 0 bridgehead atoms. The molecule has 0 aliphatic carbocycles. The number of nitrogens with one attached hydrogen (secondary N) is 1. The van der Waals surface area contributed by atoms with E-state index in [0.29, 0.717) is 12.3 Å². The Morgan fingerprint density at radius 3 is 2.94 bits per heavy atom. The summed E-state index contributed by atoms with van der Waals surface area (Å²) in [5.74, 6) is 0.217. The first-order valence-electron chi connectivity index (χ1n) is 5.13. The lowest BCUT2D eigenvalue weighted by Crippen LogP contribution is -2.30. The van der Waals surface area contributed by atoms with Gasteiger partial charge in [-0.2, -0.15) is 0 Å². The minimum atomic E-state index is -0.285. The van der Waals surface area contributed by atoms with Gasteiger partial charge in [-0.1, -0.05) is 6.92 Å². The van der Waals surface area contributed by atoms with Gasteiger partial charge in [0.1, 0.15) is 5.76 Å². The Kier molecular flexibility index (Phi) is 4.57. The molecule has 1 aromatic rings. The fourth-order valence-corrected chi connectivity index (χ4v) is 1.13. The average Bonchev–Trinajstić information content (AvgIpc) is 2.25. The fourth-order valence-electron chi connectivity index (χ4n) is 1.13. The summed E-state index contributed by atoms with van der Waals surface area (Å²) in [6, 6.07) is 1.26. The number of carbonyl (C=O) groups is 1. The zero-order valence-corrected chi connectivity index (χ0v) is 9.41. The SMILES string of the molecule is CCCNC(=O)COc1c(C)occc1=O. The summed E-state index contributed by atoms with van der Waals surface area (Å²) in [5, 5.41) is 2.64. The van der Waals surface area contributed by atoms with Gasteiger partial charge in [-0.25, -0.2) is 0 Å². The summed E-state index contributed by atoms with van der Waals surface area (Å²) < 4.78 is 10.1. The predicted molar refractivity (Wildman–Crippen MR) is 58.5 cm³/mol. The molecule has 5 heteroatoms. The minimum absolute atomic E-state index is 0.0918. The lowest BCUT2D eigenvalue weighted by atomic mass is 10.4. The topological polar surface area (TPSA) is 68.5 Å². The summed E-state index contributed by atoms with van der Waals surface area (Å²) in [6.45, 7) is 4.00. The van der Waals surface area contributed by atoms with Crippen molar-refractivity contribution in [2.45, 2.75) is 20.3 Å². The zero-order valence-electron chi connectivity index (χ0n) is 9.41. The van der Waals surface area contributed by atoms with Crippen molar-refractivity contribution in [1.29, 1.82) is 0 Å². The summed E-state index contributed by atoms with van der Waals surface area (Å²) in [4.78, 5) is 22.6. The van der Waals surface area contributed by atoms with Crippen LogP contribution in [0.25, 0.3) is 0 Å². The van der Waals surface area contributed by atoms with Crippen molar-refractivity contribution < 1.29 is 13.9 Å². The van der Waals surface area contributed by atoms with Crippen LogP contribution in [0.5, 0.6) is 5.75 Å². The van der Waals surface area contributed by atoms with Gasteiger partial charge < -0.3 is 14.5 Å². The highest BCUT2D eigenvalue weighted by Crippen LogP contribution is 2.09. The Hall–Kier alpha value is -1.78. The molecule has 16 heavy (non-hydrogen) atoms. The highest BCUT2D eigenvalue weighted by atomic mass is 16.5. The molecule has 1 N–H and O–H groups in total. The van der Waals surface area contributed by atoms with Crippen LogP contribution in [0.15, 0.2) is 21.5 Å². The van der Waals surface area contributed by atoms with Gasteiger partial charge in [0.2, 0.25) is 11.2 Å². The molecule has 0 saturated heterocycles. The Labute approximate surface area is 93.4 Å². The molecule has 0 saturated carbocycles. The molecule has 1 heterocycles. The number of hydrogen-bond acceptors (Lipinski definition) is 4. The normalized spacial score (nSPS) is 9.88. The molecule has 0 atom stereocenters. The van der Waals surface area contributed by atoms with Gasteiger partial charge in [0.05, 0.1) is 6.26 Å². The van der Waals surface area contributed by atoms with Gasteiger partial charge >= 0.3 is 0 Å². The van der Waals surface area contributed by atoms with Crippen LogP contribution in [0.3, 0.4) is 0 Å². The molecule has 0 fully saturated rings. The lowest BCUT2D eigenvalue weighted by Gasteiger charge is -2.06. The van der Waals surface area contributed by atoms with Crippen molar-refractivity contribution in [1.82, 2.24) is 5.32 Å². The van der Waals surface area contributed by atoms with E-state index in [4.69, 9.17) is 9.15 Å². The quantitative estimate of drug-likeness (QED) is 0.806. The first kappa shape index (κ1) is 12.3.